The van der Waals surface area contributed by atoms with Crippen molar-refractivity contribution < 1.29 is 40.0 Å². The van der Waals surface area contributed by atoms with Gasteiger partial charge in [0.05, 0.1) is 24.3 Å². The van der Waals surface area contributed by atoms with Crippen molar-refractivity contribution in [1.29, 1.82) is 0 Å². The first-order valence-electron chi connectivity index (χ1n) is 6.79. The molecule has 1 aromatic carbocycles. The Morgan fingerprint density at radius 1 is 1.04 bits per heavy atom. The van der Waals surface area contributed by atoms with E-state index in [1.54, 1.807) is 0 Å². The van der Waals surface area contributed by atoms with Gasteiger partial charge in [-0.05, 0) is 37.6 Å². The largest absolute Gasteiger partial charge is 0.416 e. The van der Waals surface area contributed by atoms with Crippen LogP contribution < -0.4 is 5.73 Å². The lowest BCUT2D eigenvalue weighted by molar-refractivity contribution is -0.141. The van der Waals surface area contributed by atoms with E-state index in [4.69, 9.17) is 14.8 Å². The van der Waals surface area contributed by atoms with Gasteiger partial charge in [0.2, 0.25) is 0 Å². The fraction of sp³-hybridized carbons (Fsp3) is 0.538. The summed E-state index contributed by atoms with van der Waals surface area (Å²) in [6.07, 6.45) is -9.87. The number of alkyl halides is 6. The Morgan fingerprint density at radius 2 is 1.54 bits per heavy atom. The molecule has 0 aromatic heterocycles. The van der Waals surface area contributed by atoms with Crippen LogP contribution in [0.25, 0.3) is 0 Å². The minimum absolute atomic E-state index is 0.203. The first-order chi connectivity index (χ1) is 10.9. The van der Waals surface area contributed by atoms with Crippen LogP contribution >= 0.6 is 7.60 Å². The zero-order valence-corrected chi connectivity index (χ0v) is 13.6. The number of nitrogens with two attached hydrogens (primary N) is 1. The van der Waals surface area contributed by atoms with E-state index >= 15 is 0 Å². The van der Waals surface area contributed by atoms with Crippen molar-refractivity contribution in [3.05, 3.63) is 34.9 Å². The molecule has 0 spiro atoms. The lowest BCUT2D eigenvalue weighted by Gasteiger charge is -2.26. The van der Waals surface area contributed by atoms with Crippen LogP contribution in [0, 0.1) is 0 Å². The van der Waals surface area contributed by atoms with Gasteiger partial charge in [0, 0.05) is 0 Å². The van der Waals surface area contributed by atoms with Crippen LogP contribution in [0.5, 0.6) is 0 Å². The third kappa shape index (κ3) is 4.72. The van der Waals surface area contributed by atoms with Crippen LogP contribution in [0.3, 0.4) is 0 Å². The molecule has 1 rings (SSSR count). The van der Waals surface area contributed by atoms with E-state index < -0.39 is 42.4 Å². The Balaban J connectivity index is 3.54. The Hall–Kier alpha value is -1.09. The Bertz CT molecular complexity index is 607. The topological polar surface area (TPSA) is 61.5 Å². The van der Waals surface area contributed by atoms with E-state index in [9.17, 15) is 30.9 Å². The van der Waals surface area contributed by atoms with E-state index in [-0.39, 0.29) is 31.4 Å². The van der Waals surface area contributed by atoms with Crippen molar-refractivity contribution in [3.63, 3.8) is 0 Å². The Morgan fingerprint density at radius 3 is 1.92 bits per heavy atom. The molecular weight excluding hydrogens is 363 g/mol. The van der Waals surface area contributed by atoms with E-state index in [2.05, 4.69) is 0 Å². The maximum Gasteiger partial charge on any atom is 0.416 e. The molecule has 4 nitrogen and oxygen atoms in total. The van der Waals surface area contributed by atoms with Gasteiger partial charge < -0.3 is 14.8 Å². The molecule has 0 saturated heterocycles. The van der Waals surface area contributed by atoms with Crippen molar-refractivity contribution in [2.75, 3.05) is 13.2 Å². The molecule has 11 heteroatoms. The van der Waals surface area contributed by atoms with Crippen molar-refractivity contribution in [1.82, 2.24) is 0 Å². The summed E-state index contributed by atoms with van der Waals surface area (Å²) < 4.78 is 99.9. The summed E-state index contributed by atoms with van der Waals surface area (Å²) >= 11 is 0. The number of hydrogen-bond donors (Lipinski definition) is 1. The molecule has 0 radical (unpaired) electrons. The second kappa shape index (κ2) is 7.43. The summed E-state index contributed by atoms with van der Waals surface area (Å²) in [4.78, 5) is 0. The maximum absolute atomic E-state index is 13.1. The Kier molecular flexibility index (Phi) is 6.49. The fourth-order valence-corrected chi connectivity index (χ4v) is 3.64. The van der Waals surface area contributed by atoms with Crippen LogP contribution in [0.2, 0.25) is 0 Å². The molecule has 0 unspecified atom stereocenters. The quantitative estimate of drug-likeness (QED) is 0.561. The summed E-state index contributed by atoms with van der Waals surface area (Å²) in [5.74, 6) is -2.02. The monoisotopic (exact) mass is 379 g/mol. The van der Waals surface area contributed by atoms with Gasteiger partial charge in [0.25, 0.3) is 0 Å². The summed E-state index contributed by atoms with van der Waals surface area (Å²) in [6.45, 7) is 2.39. The predicted octanol–water partition coefficient (Wildman–Crippen LogP) is 4.95. The van der Waals surface area contributed by atoms with E-state index in [1.165, 1.54) is 13.8 Å². The van der Waals surface area contributed by atoms with Gasteiger partial charge in [0.1, 0.15) is 5.78 Å². The highest BCUT2D eigenvalue weighted by molar-refractivity contribution is 7.54. The molecule has 0 bridgehead atoms. The van der Waals surface area contributed by atoms with Crippen LogP contribution in [-0.4, -0.2) is 13.2 Å². The molecule has 0 fully saturated rings. The lowest BCUT2D eigenvalue weighted by Crippen LogP contribution is -2.21. The normalized spacial score (nSPS) is 14.7. The van der Waals surface area contributed by atoms with E-state index in [1.807, 2.05) is 0 Å². The molecule has 0 aliphatic rings. The minimum Gasteiger partial charge on any atom is -0.314 e. The van der Waals surface area contributed by atoms with Crippen LogP contribution in [0.4, 0.5) is 26.3 Å². The standard InChI is InChI=1S/C13H16F6NO3P/c1-3-22-24(21,23-4-2)11(20)9-7-8(12(14,15)16)5-6-10(9)13(17,18)19/h5-7,11H,3-4,20H2,1-2H3/t11-/m0/s1. The first-order valence-corrected chi connectivity index (χ1v) is 8.40. The average Bonchev–Trinajstić information content (AvgIpc) is 2.44. The van der Waals surface area contributed by atoms with E-state index in [0.717, 1.165) is 0 Å². The second-order valence-electron chi connectivity index (χ2n) is 4.62. The molecule has 0 saturated carbocycles. The molecule has 0 aliphatic heterocycles. The first kappa shape index (κ1) is 21.0. The zero-order chi connectivity index (χ0) is 18.8. The molecule has 1 aromatic rings. The predicted molar refractivity (Wildman–Crippen MR) is 74.2 cm³/mol. The molecule has 138 valence electrons. The van der Waals surface area contributed by atoms with Gasteiger partial charge in [-0.25, -0.2) is 0 Å². The minimum atomic E-state index is -4.99. The summed E-state index contributed by atoms with van der Waals surface area (Å²) in [5.41, 5.74) is 1.80. The molecule has 1 atom stereocenters. The lowest BCUT2D eigenvalue weighted by atomic mass is 10.0. The molecule has 0 heterocycles. The van der Waals surface area contributed by atoms with Crippen LogP contribution in [0.15, 0.2) is 18.2 Å². The number of hydrogen-bond acceptors (Lipinski definition) is 4. The maximum atomic E-state index is 13.1. The fourth-order valence-electron chi connectivity index (χ4n) is 1.97. The van der Waals surface area contributed by atoms with E-state index in [0.29, 0.717) is 0 Å². The van der Waals surface area contributed by atoms with Gasteiger partial charge in [0.15, 0.2) is 0 Å². The summed E-state index contributed by atoms with van der Waals surface area (Å²) in [7, 11) is -4.29. The molecule has 24 heavy (non-hydrogen) atoms. The summed E-state index contributed by atoms with van der Waals surface area (Å²) in [6, 6.07) is 0.754. The highest BCUT2D eigenvalue weighted by atomic mass is 31.2. The van der Waals surface area contributed by atoms with Gasteiger partial charge in [-0.1, -0.05) is 0 Å². The average molecular weight is 379 g/mol. The number of benzene rings is 1. The third-order valence-electron chi connectivity index (χ3n) is 2.96. The number of rotatable bonds is 6. The molecular formula is C13H16F6NO3P. The highest BCUT2D eigenvalue weighted by Crippen LogP contribution is 2.59. The summed E-state index contributed by atoms with van der Waals surface area (Å²) in [5, 5.41) is 0. The van der Waals surface area contributed by atoms with Crippen molar-refractivity contribution in [2.45, 2.75) is 32.0 Å². The van der Waals surface area contributed by atoms with Crippen molar-refractivity contribution in [2.24, 2.45) is 5.73 Å². The van der Waals surface area contributed by atoms with Crippen molar-refractivity contribution in [3.8, 4) is 0 Å². The molecule has 0 aliphatic carbocycles. The van der Waals surface area contributed by atoms with Gasteiger partial charge in [-0.2, -0.15) is 26.3 Å². The van der Waals surface area contributed by atoms with Crippen molar-refractivity contribution >= 4 is 7.60 Å². The highest BCUT2D eigenvalue weighted by Gasteiger charge is 2.43. The zero-order valence-electron chi connectivity index (χ0n) is 12.7. The van der Waals surface area contributed by atoms with Gasteiger partial charge in [-0.15, -0.1) is 0 Å². The van der Waals surface area contributed by atoms with Crippen LogP contribution in [0.1, 0.15) is 36.3 Å². The third-order valence-corrected chi connectivity index (χ3v) is 5.16. The smallest absolute Gasteiger partial charge is 0.314 e. The second-order valence-corrected chi connectivity index (χ2v) is 6.77. The SMILES string of the molecule is CCOP(=O)(OCC)[C@H](N)c1cc(C(F)(F)F)ccc1C(F)(F)F. The molecule has 2 N–H and O–H groups in total. The number of halogens is 6. The van der Waals surface area contributed by atoms with Gasteiger partial charge >= 0.3 is 19.9 Å². The molecule has 0 amide bonds. The Labute approximate surface area is 134 Å². The van der Waals surface area contributed by atoms with Crippen LogP contribution in [-0.2, 0) is 26.0 Å². The van der Waals surface area contributed by atoms with Gasteiger partial charge in [-0.3, -0.25) is 4.57 Å².